The lowest BCUT2D eigenvalue weighted by molar-refractivity contribution is 0.424. The second-order valence-electron chi connectivity index (χ2n) is 6.28. The maximum absolute atomic E-state index is 4.38. The fourth-order valence-electron chi connectivity index (χ4n) is 2.22. The number of rotatable bonds is 4. The quantitative estimate of drug-likeness (QED) is 0.920. The molecule has 0 saturated carbocycles. The molecule has 0 bridgehead atoms. The number of aromatic nitrogens is 2. The van der Waals surface area contributed by atoms with Crippen LogP contribution in [-0.2, 0) is 13.0 Å². The minimum atomic E-state index is 0.144. The predicted octanol–water partition coefficient (Wildman–Crippen LogP) is 3.63. The van der Waals surface area contributed by atoms with Crippen LogP contribution >= 0.6 is 0 Å². The third-order valence-electron chi connectivity index (χ3n) is 3.45. The highest BCUT2D eigenvalue weighted by atomic mass is 15.1. The highest BCUT2D eigenvalue weighted by Gasteiger charge is 2.10. The first kappa shape index (κ1) is 14.8. The van der Waals surface area contributed by atoms with Crippen LogP contribution in [0.15, 0.2) is 30.6 Å². The molecule has 1 aromatic carbocycles. The highest BCUT2D eigenvalue weighted by Crippen LogP contribution is 2.17. The Hall–Kier alpha value is -1.61. The number of hydrogen-bond acceptors (Lipinski definition) is 2. The summed E-state index contributed by atoms with van der Waals surface area (Å²) in [5, 5.41) is 3.54. The van der Waals surface area contributed by atoms with Crippen LogP contribution < -0.4 is 5.32 Å². The van der Waals surface area contributed by atoms with Gasteiger partial charge >= 0.3 is 0 Å². The molecule has 2 rings (SSSR count). The Balaban J connectivity index is 2.22. The zero-order valence-corrected chi connectivity index (χ0v) is 13.2. The molecule has 0 radical (unpaired) electrons. The number of nitrogens with zero attached hydrogens (tertiary/aromatic N) is 2. The van der Waals surface area contributed by atoms with E-state index in [0.29, 0.717) is 0 Å². The van der Waals surface area contributed by atoms with E-state index in [2.05, 4.69) is 67.7 Å². The summed E-state index contributed by atoms with van der Waals surface area (Å²) in [5.74, 6) is 1.10. The molecule has 1 heterocycles. The summed E-state index contributed by atoms with van der Waals surface area (Å²) in [4.78, 5) is 4.38. The Morgan fingerprint density at radius 2 is 2.00 bits per heavy atom. The molecule has 3 nitrogen and oxygen atoms in total. The Morgan fingerprint density at radius 1 is 1.25 bits per heavy atom. The Labute approximate surface area is 122 Å². The van der Waals surface area contributed by atoms with Gasteiger partial charge in [0.2, 0.25) is 0 Å². The van der Waals surface area contributed by atoms with Crippen LogP contribution in [0.2, 0.25) is 0 Å². The van der Waals surface area contributed by atoms with E-state index in [1.165, 1.54) is 16.8 Å². The van der Waals surface area contributed by atoms with E-state index in [1.807, 2.05) is 12.4 Å². The average Bonchev–Trinajstić information content (AvgIpc) is 2.84. The molecule has 0 unspecified atom stereocenters. The topological polar surface area (TPSA) is 29.9 Å². The molecule has 108 valence electrons. The van der Waals surface area contributed by atoms with Crippen LogP contribution in [0.5, 0.6) is 0 Å². The van der Waals surface area contributed by atoms with Crippen molar-refractivity contribution in [3.8, 4) is 5.69 Å². The van der Waals surface area contributed by atoms with Crippen molar-refractivity contribution in [1.82, 2.24) is 14.9 Å². The van der Waals surface area contributed by atoms with Gasteiger partial charge in [0.25, 0.3) is 0 Å². The first-order valence-electron chi connectivity index (χ1n) is 7.28. The molecular formula is C17H25N3. The number of nitrogens with one attached hydrogen (secondary N) is 1. The van der Waals surface area contributed by atoms with E-state index in [9.17, 15) is 0 Å². The fraction of sp³-hybridized carbons (Fsp3) is 0.471. The first-order chi connectivity index (χ1) is 9.40. The van der Waals surface area contributed by atoms with Crippen molar-refractivity contribution in [3.63, 3.8) is 0 Å². The Bertz CT molecular complexity index is 576. The van der Waals surface area contributed by atoms with Gasteiger partial charge in [-0.15, -0.1) is 0 Å². The standard InChI is InChI=1S/C17H25N3/c1-6-16-18-9-10-20(16)15-8-7-14(13(2)11-15)12-19-17(3,4)5/h7-11,19H,6,12H2,1-5H3. The van der Waals surface area contributed by atoms with Crippen molar-refractivity contribution >= 4 is 0 Å². The average molecular weight is 271 g/mol. The van der Waals surface area contributed by atoms with Crippen LogP contribution in [0.1, 0.15) is 44.6 Å². The van der Waals surface area contributed by atoms with Crippen LogP contribution in [0.4, 0.5) is 0 Å². The lowest BCUT2D eigenvalue weighted by Crippen LogP contribution is -2.35. The predicted molar refractivity (Wildman–Crippen MR) is 84.3 cm³/mol. The van der Waals surface area contributed by atoms with Crippen LogP contribution in [0, 0.1) is 6.92 Å². The van der Waals surface area contributed by atoms with E-state index in [-0.39, 0.29) is 5.54 Å². The van der Waals surface area contributed by atoms with Gasteiger partial charge in [0.05, 0.1) is 0 Å². The van der Waals surface area contributed by atoms with Gasteiger partial charge in [0.15, 0.2) is 0 Å². The summed E-state index contributed by atoms with van der Waals surface area (Å²) >= 11 is 0. The summed E-state index contributed by atoms with van der Waals surface area (Å²) in [7, 11) is 0. The largest absolute Gasteiger partial charge is 0.308 e. The van der Waals surface area contributed by atoms with Crippen LogP contribution in [0.3, 0.4) is 0 Å². The van der Waals surface area contributed by atoms with Gasteiger partial charge in [-0.2, -0.15) is 0 Å². The van der Waals surface area contributed by atoms with Gasteiger partial charge in [-0.05, 0) is 51.0 Å². The van der Waals surface area contributed by atoms with E-state index >= 15 is 0 Å². The van der Waals surface area contributed by atoms with E-state index in [0.717, 1.165) is 18.8 Å². The van der Waals surface area contributed by atoms with E-state index in [4.69, 9.17) is 0 Å². The van der Waals surface area contributed by atoms with E-state index in [1.54, 1.807) is 0 Å². The minimum Gasteiger partial charge on any atom is -0.308 e. The fourth-order valence-corrected chi connectivity index (χ4v) is 2.22. The number of imidazole rings is 1. The summed E-state index contributed by atoms with van der Waals surface area (Å²) in [6, 6.07) is 6.62. The minimum absolute atomic E-state index is 0.144. The monoisotopic (exact) mass is 271 g/mol. The molecule has 1 N–H and O–H groups in total. The second-order valence-corrected chi connectivity index (χ2v) is 6.28. The maximum atomic E-state index is 4.38. The van der Waals surface area contributed by atoms with Crippen molar-refractivity contribution in [2.24, 2.45) is 0 Å². The molecule has 3 heteroatoms. The molecule has 0 saturated heterocycles. The SMILES string of the molecule is CCc1nccn1-c1ccc(CNC(C)(C)C)c(C)c1. The Kier molecular flexibility index (Phi) is 4.29. The second kappa shape index (κ2) is 5.80. The van der Waals surface area contributed by atoms with Gasteiger partial charge in [0.1, 0.15) is 5.82 Å². The number of hydrogen-bond donors (Lipinski definition) is 1. The van der Waals surface area contributed by atoms with E-state index < -0.39 is 0 Å². The molecule has 0 aliphatic rings. The summed E-state index contributed by atoms with van der Waals surface area (Å²) < 4.78 is 2.16. The maximum Gasteiger partial charge on any atom is 0.112 e. The molecule has 0 aliphatic heterocycles. The third-order valence-corrected chi connectivity index (χ3v) is 3.45. The third kappa shape index (κ3) is 3.48. The highest BCUT2D eigenvalue weighted by molar-refractivity contribution is 5.41. The van der Waals surface area contributed by atoms with Crippen molar-refractivity contribution < 1.29 is 0 Å². The van der Waals surface area contributed by atoms with Gasteiger partial charge in [-0.1, -0.05) is 13.0 Å². The molecular weight excluding hydrogens is 246 g/mol. The summed E-state index contributed by atoms with van der Waals surface area (Å²) in [5.41, 5.74) is 4.00. The van der Waals surface area contributed by atoms with Crippen LogP contribution in [0.25, 0.3) is 5.69 Å². The Morgan fingerprint density at radius 3 is 2.60 bits per heavy atom. The lowest BCUT2D eigenvalue weighted by atomic mass is 10.0. The molecule has 0 aliphatic carbocycles. The molecule has 20 heavy (non-hydrogen) atoms. The molecule has 0 spiro atoms. The van der Waals surface area contributed by atoms with Gasteiger partial charge in [0, 0.05) is 36.6 Å². The molecule has 1 aromatic heterocycles. The lowest BCUT2D eigenvalue weighted by Gasteiger charge is -2.21. The summed E-state index contributed by atoms with van der Waals surface area (Å²) in [6.45, 7) is 11.8. The summed E-state index contributed by atoms with van der Waals surface area (Å²) in [6.07, 6.45) is 4.84. The molecule has 0 amide bonds. The molecule has 0 atom stereocenters. The van der Waals surface area contributed by atoms with Gasteiger partial charge in [-0.25, -0.2) is 4.98 Å². The zero-order chi connectivity index (χ0) is 14.8. The first-order valence-corrected chi connectivity index (χ1v) is 7.28. The molecule has 0 fully saturated rings. The van der Waals surface area contributed by atoms with Crippen molar-refractivity contribution in [3.05, 3.63) is 47.5 Å². The number of aryl methyl sites for hydroxylation is 2. The number of benzene rings is 1. The smallest absolute Gasteiger partial charge is 0.112 e. The molecule has 2 aromatic rings. The van der Waals surface area contributed by atoms with Gasteiger partial charge in [-0.3, -0.25) is 0 Å². The van der Waals surface area contributed by atoms with Crippen LogP contribution in [-0.4, -0.2) is 15.1 Å². The normalized spacial score (nSPS) is 11.8. The van der Waals surface area contributed by atoms with Crippen molar-refractivity contribution in [1.29, 1.82) is 0 Å². The van der Waals surface area contributed by atoms with Crippen molar-refractivity contribution in [2.75, 3.05) is 0 Å². The van der Waals surface area contributed by atoms with Crippen molar-refractivity contribution in [2.45, 2.75) is 53.1 Å². The zero-order valence-electron chi connectivity index (χ0n) is 13.2. The van der Waals surface area contributed by atoms with Gasteiger partial charge < -0.3 is 9.88 Å².